The number of likely N-dealkylation sites (N-methyl/N-ethyl adjacent to an activating group) is 2. The Morgan fingerprint density at radius 3 is 2.50 bits per heavy atom. The van der Waals surface area contributed by atoms with Crippen molar-refractivity contribution in [3.05, 3.63) is 29.8 Å². The number of aryl methyl sites for hydroxylation is 1. The first kappa shape index (κ1) is 13.0. The highest BCUT2D eigenvalue weighted by Crippen LogP contribution is 2.20. The first-order chi connectivity index (χ1) is 7.70. The van der Waals surface area contributed by atoms with Gasteiger partial charge in [0.25, 0.3) is 0 Å². The third-order valence-electron chi connectivity index (χ3n) is 3.14. The fraction of sp³-hybridized carbons (Fsp3) is 0.571. The number of anilines is 1. The first-order valence-corrected chi connectivity index (χ1v) is 6.19. The number of hydrogen-bond donors (Lipinski definition) is 1. The molecule has 0 amide bonds. The van der Waals surface area contributed by atoms with Crippen LogP contribution in [0.2, 0.25) is 0 Å². The number of nitrogens with one attached hydrogen (secondary N) is 1. The molecule has 1 atom stereocenters. The standard InChI is InChI=1S/C14H24N2/c1-5-13(11-15-6-2)16(4)14-10-8-7-9-12(14)3/h7-10,13,15H,5-6,11H2,1-4H3. The van der Waals surface area contributed by atoms with E-state index in [-0.39, 0.29) is 0 Å². The van der Waals surface area contributed by atoms with Crippen LogP contribution in [0.3, 0.4) is 0 Å². The molecule has 0 saturated heterocycles. The second-order valence-corrected chi connectivity index (χ2v) is 4.27. The molecule has 0 aliphatic rings. The molecule has 0 aliphatic carbocycles. The van der Waals surface area contributed by atoms with E-state index >= 15 is 0 Å². The lowest BCUT2D eigenvalue weighted by atomic mass is 10.1. The van der Waals surface area contributed by atoms with Crippen molar-refractivity contribution in [3.63, 3.8) is 0 Å². The summed E-state index contributed by atoms with van der Waals surface area (Å²) in [6, 6.07) is 9.15. The molecule has 2 heteroatoms. The van der Waals surface area contributed by atoms with Crippen LogP contribution in [0.4, 0.5) is 5.69 Å². The van der Waals surface area contributed by atoms with Crippen molar-refractivity contribution in [3.8, 4) is 0 Å². The van der Waals surface area contributed by atoms with Crippen LogP contribution < -0.4 is 10.2 Å². The first-order valence-electron chi connectivity index (χ1n) is 6.19. The maximum atomic E-state index is 3.43. The molecule has 1 unspecified atom stereocenters. The lowest BCUT2D eigenvalue weighted by molar-refractivity contribution is 0.551. The van der Waals surface area contributed by atoms with Gasteiger partial charge in [-0.1, -0.05) is 32.0 Å². The highest BCUT2D eigenvalue weighted by Gasteiger charge is 2.13. The fourth-order valence-electron chi connectivity index (χ4n) is 2.02. The predicted molar refractivity (Wildman–Crippen MR) is 72.2 cm³/mol. The number of benzene rings is 1. The second kappa shape index (κ2) is 6.54. The van der Waals surface area contributed by atoms with Gasteiger partial charge in [0.05, 0.1) is 0 Å². The lowest BCUT2D eigenvalue weighted by Gasteiger charge is -2.30. The van der Waals surface area contributed by atoms with Gasteiger partial charge in [0.1, 0.15) is 0 Å². The SMILES string of the molecule is CCNCC(CC)N(C)c1ccccc1C. The smallest absolute Gasteiger partial charge is 0.0408 e. The van der Waals surface area contributed by atoms with Crippen LogP contribution in [0.25, 0.3) is 0 Å². The molecule has 16 heavy (non-hydrogen) atoms. The lowest BCUT2D eigenvalue weighted by Crippen LogP contribution is -2.40. The van der Waals surface area contributed by atoms with Crippen LogP contribution in [0, 0.1) is 6.92 Å². The van der Waals surface area contributed by atoms with Gasteiger partial charge in [-0.2, -0.15) is 0 Å². The molecule has 0 spiro atoms. The van der Waals surface area contributed by atoms with E-state index in [9.17, 15) is 0 Å². The van der Waals surface area contributed by atoms with E-state index in [0.29, 0.717) is 6.04 Å². The molecular weight excluding hydrogens is 196 g/mol. The minimum atomic E-state index is 0.570. The van der Waals surface area contributed by atoms with E-state index in [1.807, 2.05) is 0 Å². The summed E-state index contributed by atoms with van der Waals surface area (Å²) in [5, 5.41) is 3.43. The molecule has 0 radical (unpaired) electrons. The highest BCUT2D eigenvalue weighted by molar-refractivity contribution is 5.53. The average molecular weight is 220 g/mol. The van der Waals surface area contributed by atoms with Crippen LogP contribution in [-0.4, -0.2) is 26.2 Å². The molecular formula is C14H24N2. The average Bonchev–Trinajstić information content (AvgIpc) is 2.30. The molecule has 0 heterocycles. The summed E-state index contributed by atoms with van der Waals surface area (Å²) in [5.41, 5.74) is 2.69. The van der Waals surface area contributed by atoms with Gasteiger partial charge >= 0.3 is 0 Å². The quantitative estimate of drug-likeness (QED) is 0.793. The van der Waals surface area contributed by atoms with Crippen LogP contribution in [0.1, 0.15) is 25.8 Å². The number of rotatable bonds is 6. The number of para-hydroxylation sites is 1. The van der Waals surface area contributed by atoms with Gasteiger partial charge in [0.15, 0.2) is 0 Å². The molecule has 0 fully saturated rings. The molecule has 1 rings (SSSR count). The van der Waals surface area contributed by atoms with E-state index < -0.39 is 0 Å². The van der Waals surface area contributed by atoms with E-state index in [4.69, 9.17) is 0 Å². The van der Waals surface area contributed by atoms with Crippen molar-refractivity contribution in [1.82, 2.24) is 5.32 Å². The third-order valence-corrected chi connectivity index (χ3v) is 3.14. The van der Waals surface area contributed by atoms with Crippen molar-refractivity contribution in [2.45, 2.75) is 33.2 Å². The predicted octanol–water partition coefficient (Wildman–Crippen LogP) is 2.82. The van der Waals surface area contributed by atoms with E-state index in [0.717, 1.165) is 19.5 Å². The Hall–Kier alpha value is -1.02. The van der Waals surface area contributed by atoms with Gasteiger partial charge in [-0.05, 0) is 31.5 Å². The Morgan fingerprint density at radius 1 is 1.25 bits per heavy atom. The molecule has 0 bridgehead atoms. The maximum Gasteiger partial charge on any atom is 0.0408 e. The van der Waals surface area contributed by atoms with Gasteiger partial charge < -0.3 is 10.2 Å². The van der Waals surface area contributed by atoms with Gasteiger partial charge in [-0.15, -0.1) is 0 Å². The number of nitrogens with zero attached hydrogens (tertiary/aromatic N) is 1. The largest absolute Gasteiger partial charge is 0.370 e. The van der Waals surface area contributed by atoms with Crippen molar-refractivity contribution < 1.29 is 0 Å². The summed E-state index contributed by atoms with van der Waals surface area (Å²) in [6.45, 7) is 8.67. The van der Waals surface area contributed by atoms with Gasteiger partial charge in [-0.3, -0.25) is 0 Å². The maximum absolute atomic E-state index is 3.43. The summed E-state index contributed by atoms with van der Waals surface area (Å²) in [7, 11) is 2.19. The molecule has 1 N–H and O–H groups in total. The van der Waals surface area contributed by atoms with Crippen molar-refractivity contribution in [2.75, 3.05) is 25.0 Å². The van der Waals surface area contributed by atoms with Gasteiger partial charge in [0.2, 0.25) is 0 Å². The second-order valence-electron chi connectivity index (χ2n) is 4.27. The molecule has 90 valence electrons. The van der Waals surface area contributed by atoms with Crippen LogP contribution in [0.5, 0.6) is 0 Å². The molecule has 1 aromatic rings. The van der Waals surface area contributed by atoms with E-state index in [2.05, 4.69) is 62.3 Å². The Labute approximate surface area is 99.7 Å². The van der Waals surface area contributed by atoms with E-state index in [1.165, 1.54) is 11.3 Å². The van der Waals surface area contributed by atoms with Crippen LogP contribution in [0.15, 0.2) is 24.3 Å². The topological polar surface area (TPSA) is 15.3 Å². The molecule has 1 aromatic carbocycles. The minimum absolute atomic E-state index is 0.570. The fourth-order valence-corrected chi connectivity index (χ4v) is 2.02. The molecule has 0 saturated carbocycles. The summed E-state index contributed by atoms with van der Waals surface area (Å²) in [5.74, 6) is 0. The van der Waals surface area contributed by atoms with Crippen molar-refractivity contribution in [1.29, 1.82) is 0 Å². The Bertz CT molecular complexity index is 309. The monoisotopic (exact) mass is 220 g/mol. The summed E-state index contributed by atoms with van der Waals surface area (Å²) >= 11 is 0. The highest BCUT2D eigenvalue weighted by atomic mass is 15.2. The Balaban J connectivity index is 2.74. The number of hydrogen-bond acceptors (Lipinski definition) is 2. The summed E-state index contributed by atoms with van der Waals surface area (Å²) in [4.78, 5) is 2.39. The zero-order valence-corrected chi connectivity index (χ0v) is 11.0. The zero-order valence-electron chi connectivity index (χ0n) is 11.0. The van der Waals surface area contributed by atoms with Crippen LogP contribution >= 0.6 is 0 Å². The van der Waals surface area contributed by atoms with Crippen LogP contribution in [-0.2, 0) is 0 Å². The zero-order chi connectivity index (χ0) is 12.0. The minimum Gasteiger partial charge on any atom is -0.370 e. The normalized spacial score (nSPS) is 12.5. The van der Waals surface area contributed by atoms with Gasteiger partial charge in [-0.25, -0.2) is 0 Å². The molecule has 0 aromatic heterocycles. The van der Waals surface area contributed by atoms with Crippen molar-refractivity contribution >= 4 is 5.69 Å². The van der Waals surface area contributed by atoms with E-state index in [1.54, 1.807) is 0 Å². The van der Waals surface area contributed by atoms with Crippen molar-refractivity contribution in [2.24, 2.45) is 0 Å². The third kappa shape index (κ3) is 3.24. The van der Waals surface area contributed by atoms with Gasteiger partial charge in [0, 0.05) is 25.3 Å². The molecule has 0 aliphatic heterocycles. The summed E-state index contributed by atoms with van der Waals surface area (Å²) < 4.78 is 0. The Kier molecular flexibility index (Phi) is 5.33. The Morgan fingerprint density at radius 2 is 1.94 bits per heavy atom. The molecule has 2 nitrogen and oxygen atoms in total. The summed E-state index contributed by atoms with van der Waals surface area (Å²) in [6.07, 6.45) is 1.16.